The van der Waals surface area contributed by atoms with Crippen LogP contribution in [-0.2, 0) is 0 Å². The topological polar surface area (TPSA) is 26.0 Å². The van der Waals surface area contributed by atoms with E-state index in [9.17, 15) is 0 Å². The van der Waals surface area contributed by atoms with Crippen LogP contribution in [0.3, 0.4) is 0 Å². The molecule has 0 heterocycles. The second-order valence-electron chi connectivity index (χ2n) is 5.48. The fraction of sp³-hybridized carbons (Fsp3) is 0.625. The minimum absolute atomic E-state index is 0.700. The van der Waals surface area contributed by atoms with Crippen LogP contribution in [0, 0.1) is 11.8 Å². The number of nitrogens with two attached hydrogens (primary N) is 1. The van der Waals surface area contributed by atoms with Gasteiger partial charge < -0.3 is 5.73 Å². The molecule has 0 spiro atoms. The van der Waals surface area contributed by atoms with Gasteiger partial charge in [-0.25, -0.2) is 0 Å². The first kappa shape index (κ1) is 12.6. The molecule has 3 atom stereocenters. The first-order valence-electron chi connectivity index (χ1n) is 7.10. The Kier molecular flexibility index (Phi) is 4.61. The van der Waals surface area contributed by atoms with Crippen molar-refractivity contribution in [3.05, 3.63) is 35.9 Å². The monoisotopic (exact) mass is 231 g/mol. The lowest BCUT2D eigenvalue weighted by molar-refractivity contribution is 0.230. The van der Waals surface area contributed by atoms with Crippen LogP contribution in [0.25, 0.3) is 0 Å². The van der Waals surface area contributed by atoms with Crippen molar-refractivity contribution < 1.29 is 0 Å². The summed E-state index contributed by atoms with van der Waals surface area (Å²) < 4.78 is 0. The van der Waals surface area contributed by atoms with E-state index in [1.54, 1.807) is 0 Å². The number of benzene rings is 1. The maximum atomic E-state index is 5.95. The van der Waals surface area contributed by atoms with Gasteiger partial charge in [-0.15, -0.1) is 0 Å². The lowest BCUT2D eigenvalue weighted by Crippen LogP contribution is -2.29. The normalized spacial score (nSPS) is 29.2. The summed E-state index contributed by atoms with van der Waals surface area (Å²) in [5, 5.41) is 0. The molecule has 0 amide bonds. The molecule has 0 aromatic heterocycles. The maximum Gasteiger partial charge on any atom is -0.00430 e. The van der Waals surface area contributed by atoms with Gasteiger partial charge >= 0.3 is 0 Å². The summed E-state index contributed by atoms with van der Waals surface area (Å²) in [6.07, 6.45) is 6.76. The van der Waals surface area contributed by atoms with Crippen molar-refractivity contribution >= 4 is 0 Å². The van der Waals surface area contributed by atoms with Gasteiger partial charge in [0.2, 0.25) is 0 Å². The van der Waals surface area contributed by atoms with E-state index in [2.05, 4.69) is 37.3 Å². The Balaban J connectivity index is 2.10. The zero-order valence-electron chi connectivity index (χ0n) is 10.9. The van der Waals surface area contributed by atoms with E-state index in [0.717, 1.165) is 12.5 Å². The van der Waals surface area contributed by atoms with E-state index in [0.29, 0.717) is 11.8 Å². The van der Waals surface area contributed by atoms with Crippen molar-refractivity contribution in [3.63, 3.8) is 0 Å². The van der Waals surface area contributed by atoms with E-state index in [1.807, 2.05) is 0 Å². The van der Waals surface area contributed by atoms with Crippen molar-refractivity contribution in [2.24, 2.45) is 17.6 Å². The van der Waals surface area contributed by atoms with Crippen LogP contribution in [0.15, 0.2) is 30.3 Å². The molecule has 1 heteroatoms. The van der Waals surface area contributed by atoms with Gasteiger partial charge in [0.15, 0.2) is 0 Å². The Morgan fingerprint density at radius 1 is 1.18 bits per heavy atom. The molecule has 94 valence electrons. The molecule has 2 rings (SSSR count). The average molecular weight is 231 g/mol. The van der Waals surface area contributed by atoms with Crippen LogP contribution in [0.4, 0.5) is 0 Å². The summed E-state index contributed by atoms with van der Waals surface area (Å²) in [7, 11) is 0. The SMILES string of the molecule is CCCC1CCC(CN)C(c2ccccc2)C1. The summed E-state index contributed by atoms with van der Waals surface area (Å²) in [5.74, 6) is 2.32. The van der Waals surface area contributed by atoms with Crippen LogP contribution >= 0.6 is 0 Å². The van der Waals surface area contributed by atoms with Crippen LogP contribution in [0.5, 0.6) is 0 Å². The molecule has 1 saturated carbocycles. The van der Waals surface area contributed by atoms with Crippen molar-refractivity contribution in [1.82, 2.24) is 0 Å². The lowest BCUT2D eigenvalue weighted by atomic mass is 9.70. The molecule has 0 saturated heterocycles. The van der Waals surface area contributed by atoms with E-state index in [4.69, 9.17) is 5.73 Å². The molecule has 1 aromatic rings. The number of hydrogen-bond donors (Lipinski definition) is 1. The Hall–Kier alpha value is -0.820. The zero-order chi connectivity index (χ0) is 12.1. The molecule has 3 unspecified atom stereocenters. The Bertz CT molecular complexity index is 320. The third-order valence-corrected chi connectivity index (χ3v) is 4.33. The predicted molar refractivity (Wildman–Crippen MR) is 74.0 cm³/mol. The minimum Gasteiger partial charge on any atom is -0.330 e. The lowest BCUT2D eigenvalue weighted by Gasteiger charge is -2.36. The quantitative estimate of drug-likeness (QED) is 0.834. The second-order valence-corrected chi connectivity index (χ2v) is 5.48. The zero-order valence-corrected chi connectivity index (χ0v) is 10.9. The molecule has 17 heavy (non-hydrogen) atoms. The van der Waals surface area contributed by atoms with E-state index in [1.165, 1.54) is 37.7 Å². The van der Waals surface area contributed by atoms with Crippen LogP contribution < -0.4 is 5.73 Å². The van der Waals surface area contributed by atoms with Crippen LogP contribution in [0.1, 0.15) is 50.5 Å². The summed E-state index contributed by atoms with van der Waals surface area (Å²) in [6, 6.07) is 11.0. The molecule has 2 N–H and O–H groups in total. The third-order valence-electron chi connectivity index (χ3n) is 4.33. The van der Waals surface area contributed by atoms with Crippen molar-refractivity contribution in [2.75, 3.05) is 6.54 Å². The Labute approximate surface area is 105 Å². The molecule has 1 aliphatic rings. The molecule has 0 aliphatic heterocycles. The highest BCUT2D eigenvalue weighted by Gasteiger charge is 2.29. The molecule has 1 aromatic carbocycles. The van der Waals surface area contributed by atoms with Gasteiger partial charge in [-0.1, -0.05) is 56.5 Å². The summed E-state index contributed by atoms with van der Waals surface area (Å²) in [6.45, 7) is 3.14. The van der Waals surface area contributed by atoms with E-state index >= 15 is 0 Å². The van der Waals surface area contributed by atoms with Crippen LogP contribution in [-0.4, -0.2) is 6.54 Å². The van der Waals surface area contributed by atoms with Crippen molar-refractivity contribution in [1.29, 1.82) is 0 Å². The highest BCUT2D eigenvalue weighted by atomic mass is 14.6. The molecule has 1 aliphatic carbocycles. The van der Waals surface area contributed by atoms with Gasteiger partial charge in [-0.3, -0.25) is 0 Å². The average Bonchev–Trinajstić information content (AvgIpc) is 2.40. The predicted octanol–water partition coefficient (Wildman–Crippen LogP) is 3.95. The number of hydrogen-bond acceptors (Lipinski definition) is 1. The van der Waals surface area contributed by atoms with E-state index in [-0.39, 0.29) is 0 Å². The maximum absolute atomic E-state index is 5.95. The fourth-order valence-electron chi connectivity index (χ4n) is 3.38. The smallest absolute Gasteiger partial charge is 0.00430 e. The second kappa shape index (κ2) is 6.20. The van der Waals surface area contributed by atoms with Gasteiger partial charge in [-0.05, 0) is 42.7 Å². The summed E-state index contributed by atoms with van der Waals surface area (Å²) >= 11 is 0. The highest BCUT2D eigenvalue weighted by molar-refractivity contribution is 5.21. The third kappa shape index (κ3) is 3.10. The molecule has 1 fully saturated rings. The summed E-state index contributed by atoms with van der Waals surface area (Å²) in [5.41, 5.74) is 7.45. The van der Waals surface area contributed by atoms with Gasteiger partial charge in [0, 0.05) is 0 Å². The molecule has 1 nitrogen and oxygen atoms in total. The fourth-order valence-corrected chi connectivity index (χ4v) is 3.38. The number of rotatable bonds is 4. The first-order chi connectivity index (χ1) is 8.35. The van der Waals surface area contributed by atoms with Gasteiger partial charge in [0.25, 0.3) is 0 Å². The molecule has 0 bridgehead atoms. The molecular formula is C16H25N. The van der Waals surface area contributed by atoms with Crippen LogP contribution in [0.2, 0.25) is 0 Å². The molecule has 0 radical (unpaired) electrons. The van der Waals surface area contributed by atoms with Crippen molar-refractivity contribution in [3.8, 4) is 0 Å². The Morgan fingerprint density at radius 3 is 2.59 bits per heavy atom. The molecular weight excluding hydrogens is 206 g/mol. The van der Waals surface area contributed by atoms with Gasteiger partial charge in [0.05, 0.1) is 0 Å². The standard InChI is InChI=1S/C16H25N/c1-2-6-13-9-10-15(12-17)16(11-13)14-7-4-3-5-8-14/h3-5,7-8,13,15-16H,2,6,9-12,17H2,1H3. The van der Waals surface area contributed by atoms with Gasteiger partial charge in [0.1, 0.15) is 0 Å². The van der Waals surface area contributed by atoms with Gasteiger partial charge in [-0.2, -0.15) is 0 Å². The largest absolute Gasteiger partial charge is 0.330 e. The van der Waals surface area contributed by atoms with E-state index < -0.39 is 0 Å². The van der Waals surface area contributed by atoms with Crippen molar-refractivity contribution in [2.45, 2.75) is 44.9 Å². The minimum atomic E-state index is 0.700. The summed E-state index contributed by atoms with van der Waals surface area (Å²) in [4.78, 5) is 0. The highest BCUT2D eigenvalue weighted by Crippen LogP contribution is 2.41. The first-order valence-corrected chi connectivity index (χ1v) is 7.10. The Morgan fingerprint density at radius 2 is 1.94 bits per heavy atom.